The van der Waals surface area contributed by atoms with Crippen LogP contribution in [0.5, 0.6) is 0 Å². The number of pyridine rings is 1. The van der Waals surface area contributed by atoms with E-state index < -0.39 is 0 Å². The van der Waals surface area contributed by atoms with E-state index in [4.69, 9.17) is 15.0 Å². The molecule has 0 fully saturated rings. The van der Waals surface area contributed by atoms with Crippen molar-refractivity contribution in [1.82, 2.24) is 19.5 Å². The number of nitrogens with zero attached hydrogens (tertiary/aromatic N) is 4. The number of para-hydroxylation sites is 1. The molecule has 216 valence electrons. The van der Waals surface area contributed by atoms with E-state index in [9.17, 15) is 0 Å². The summed E-state index contributed by atoms with van der Waals surface area (Å²) < 4.78 is 2.39. The van der Waals surface area contributed by atoms with E-state index in [2.05, 4.69) is 114 Å². The molecular weight excluding hydrogens is 581 g/mol. The van der Waals surface area contributed by atoms with Crippen molar-refractivity contribution >= 4 is 22.7 Å². The highest BCUT2D eigenvalue weighted by molar-refractivity contribution is 7.99. The Balaban J connectivity index is 1.24. The van der Waals surface area contributed by atoms with Gasteiger partial charge in [-0.3, -0.25) is 4.98 Å². The van der Waals surface area contributed by atoms with E-state index in [1.54, 1.807) is 11.8 Å². The number of fused-ring (bicyclic) bond motifs is 7. The van der Waals surface area contributed by atoms with Gasteiger partial charge in [0.05, 0.1) is 28.3 Å². The van der Waals surface area contributed by atoms with Crippen LogP contribution in [0.2, 0.25) is 0 Å². The van der Waals surface area contributed by atoms with Crippen LogP contribution in [-0.2, 0) is 0 Å². The maximum Gasteiger partial charge on any atom is 0.160 e. The summed E-state index contributed by atoms with van der Waals surface area (Å²) in [6, 6.07) is 52.9. The highest BCUT2D eigenvalue weighted by Crippen LogP contribution is 2.51. The summed E-state index contributed by atoms with van der Waals surface area (Å²) in [6.45, 7) is 0. The van der Waals surface area contributed by atoms with Gasteiger partial charge in [-0.25, -0.2) is 9.97 Å². The van der Waals surface area contributed by atoms with Crippen LogP contribution < -0.4 is 0 Å². The van der Waals surface area contributed by atoms with Gasteiger partial charge in [0.15, 0.2) is 5.82 Å². The largest absolute Gasteiger partial charge is 0.309 e. The van der Waals surface area contributed by atoms with Gasteiger partial charge >= 0.3 is 0 Å². The lowest BCUT2D eigenvalue weighted by molar-refractivity contribution is 1.12. The zero-order valence-electron chi connectivity index (χ0n) is 24.7. The number of hydrogen-bond donors (Lipinski definition) is 0. The summed E-state index contributed by atoms with van der Waals surface area (Å²) >= 11 is 1.79. The van der Waals surface area contributed by atoms with Crippen LogP contribution in [-0.4, -0.2) is 19.5 Å². The van der Waals surface area contributed by atoms with Crippen LogP contribution in [0.25, 0.3) is 73.0 Å². The molecule has 0 spiro atoms. The van der Waals surface area contributed by atoms with Gasteiger partial charge in [0.2, 0.25) is 0 Å². The third kappa shape index (κ3) is 4.44. The summed E-state index contributed by atoms with van der Waals surface area (Å²) in [5.74, 6) is 0.711. The summed E-state index contributed by atoms with van der Waals surface area (Å²) in [5.41, 5.74) is 11.7. The Morgan fingerprint density at radius 1 is 0.522 bits per heavy atom. The van der Waals surface area contributed by atoms with Gasteiger partial charge in [-0.05, 0) is 42.5 Å². The molecule has 0 saturated heterocycles. The maximum absolute atomic E-state index is 5.05. The SMILES string of the molecule is c1ccc(-c2cc(-c3ccc(-n4c5c(c6ccccc64)-c4ncccc4Sc4ccccc4-5)cc3)nc(-c3ccccc3)n2)cc1. The molecule has 0 N–H and O–H groups in total. The second kappa shape index (κ2) is 11.0. The first-order valence-electron chi connectivity index (χ1n) is 15.3. The smallest absolute Gasteiger partial charge is 0.160 e. The third-order valence-corrected chi connectivity index (χ3v) is 9.62. The minimum absolute atomic E-state index is 0.711. The Bertz CT molecular complexity index is 2320. The molecule has 4 heterocycles. The molecule has 5 aromatic carbocycles. The van der Waals surface area contributed by atoms with E-state index in [1.807, 2.05) is 48.7 Å². The molecule has 0 saturated carbocycles. The molecule has 8 aromatic rings. The van der Waals surface area contributed by atoms with Crippen molar-refractivity contribution in [3.8, 4) is 62.1 Å². The van der Waals surface area contributed by atoms with Crippen molar-refractivity contribution in [1.29, 1.82) is 0 Å². The molecule has 5 heteroatoms. The van der Waals surface area contributed by atoms with Gasteiger partial charge in [-0.1, -0.05) is 121 Å². The standard InChI is InChI=1S/C41H26N4S/c1-3-12-27(13-4-1)33-26-34(44-41(43-33)29-14-5-2-6-15-29)28-21-23-30(24-22-28)45-35-18-9-7-16-31(35)38-39-37(20-11-25-42-39)46-36-19-10-8-17-32(36)40(38)45/h1-26H. The van der Waals surface area contributed by atoms with Crippen molar-refractivity contribution in [2.75, 3.05) is 0 Å². The highest BCUT2D eigenvalue weighted by Gasteiger charge is 2.28. The van der Waals surface area contributed by atoms with Crippen LogP contribution in [0.3, 0.4) is 0 Å². The predicted molar refractivity (Wildman–Crippen MR) is 188 cm³/mol. The van der Waals surface area contributed by atoms with E-state index in [0.717, 1.165) is 50.7 Å². The topological polar surface area (TPSA) is 43.6 Å². The minimum atomic E-state index is 0.711. The lowest BCUT2D eigenvalue weighted by Gasteiger charge is -2.14. The first-order chi connectivity index (χ1) is 22.8. The molecule has 46 heavy (non-hydrogen) atoms. The Morgan fingerprint density at radius 3 is 1.93 bits per heavy atom. The van der Waals surface area contributed by atoms with Gasteiger partial charge in [0.1, 0.15) is 0 Å². The molecule has 0 bridgehead atoms. The average Bonchev–Trinajstić information content (AvgIpc) is 3.40. The molecular formula is C41H26N4S. The molecule has 0 amide bonds. The summed E-state index contributed by atoms with van der Waals surface area (Å²) in [7, 11) is 0. The summed E-state index contributed by atoms with van der Waals surface area (Å²) in [6.07, 6.45) is 1.90. The first kappa shape index (κ1) is 26.6. The Morgan fingerprint density at radius 2 is 1.15 bits per heavy atom. The van der Waals surface area contributed by atoms with Gasteiger partial charge in [-0.15, -0.1) is 0 Å². The van der Waals surface area contributed by atoms with Crippen LogP contribution in [0.4, 0.5) is 0 Å². The second-order valence-corrected chi connectivity index (χ2v) is 12.3. The molecule has 0 atom stereocenters. The zero-order valence-corrected chi connectivity index (χ0v) is 25.5. The van der Waals surface area contributed by atoms with Gasteiger partial charge in [0.25, 0.3) is 0 Å². The molecule has 0 aliphatic carbocycles. The molecule has 0 radical (unpaired) electrons. The van der Waals surface area contributed by atoms with Gasteiger partial charge in [-0.2, -0.15) is 0 Å². The lowest BCUT2D eigenvalue weighted by atomic mass is 10.0. The van der Waals surface area contributed by atoms with E-state index in [1.165, 1.54) is 26.3 Å². The summed E-state index contributed by atoms with van der Waals surface area (Å²) in [5, 5.41) is 1.19. The predicted octanol–water partition coefficient (Wildman–Crippen LogP) is 10.6. The van der Waals surface area contributed by atoms with E-state index in [0.29, 0.717) is 5.82 Å². The molecule has 3 aromatic heterocycles. The highest BCUT2D eigenvalue weighted by atomic mass is 32.2. The minimum Gasteiger partial charge on any atom is -0.309 e. The van der Waals surface area contributed by atoms with Crippen LogP contribution in [0.1, 0.15) is 0 Å². The molecule has 1 aliphatic rings. The molecule has 4 nitrogen and oxygen atoms in total. The fourth-order valence-corrected chi connectivity index (χ4v) is 7.44. The van der Waals surface area contributed by atoms with Crippen molar-refractivity contribution < 1.29 is 0 Å². The lowest BCUT2D eigenvalue weighted by Crippen LogP contribution is -1.99. The molecule has 0 unspecified atom stereocenters. The Hall–Kier alpha value is -5.78. The monoisotopic (exact) mass is 606 g/mol. The van der Waals surface area contributed by atoms with Gasteiger partial charge in [0, 0.05) is 54.9 Å². The second-order valence-electron chi connectivity index (χ2n) is 11.3. The van der Waals surface area contributed by atoms with Crippen molar-refractivity contribution in [3.05, 3.63) is 158 Å². The Labute approximate surface area is 271 Å². The maximum atomic E-state index is 5.05. The number of aromatic nitrogens is 4. The number of rotatable bonds is 4. The average molecular weight is 607 g/mol. The van der Waals surface area contributed by atoms with E-state index >= 15 is 0 Å². The Kier molecular flexibility index (Phi) is 6.35. The number of benzene rings is 5. The normalized spacial score (nSPS) is 11.8. The molecule has 1 aliphatic heterocycles. The number of hydrogen-bond acceptors (Lipinski definition) is 4. The molecule has 9 rings (SSSR count). The zero-order chi connectivity index (χ0) is 30.5. The van der Waals surface area contributed by atoms with Crippen LogP contribution in [0, 0.1) is 0 Å². The van der Waals surface area contributed by atoms with Crippen molar-refractivity contribution in [2.24, 2.45) is 0 Å². The van der Waals surface area contributed by atoms with Crippen LogP contribution >= 0.6 is 11.8 Å². The fraction of sp³-hybridized carbons (Fsp3) is 0. The summed E-state index contributed by atoms with van der Waals surface area (Å²) in [4.78, 5) is 17.3. The van der Waals surface area contributed by atoms with Gasteiger partial charge < -0.3 is 4.57 Å². The van der Waals surface area contributed by atoms with Crippen molar-refractivity contribution in [3.63, 3.8) is 0 Å². The quantitative estimate of drug-likeness (QED) is 0.200. The van der Waals surface area contributed by atoms with E-state index in [-0.39, 0.29) is 0 Å². The fourth-order valence-electron chi connectivity index (χ4n) is 6.38. The first-order valence-corrected chi connectivity index (χ1v) is 16.1. The third-order valence-electron chi connectivity index (χ3n) is 8.49. The van der Waals surface area contributed by atoms with Crippen LogP contribution in [0.15, 0.2) is 168 Å². The van der Waals surface area contributed by atoms with Crippen molar-refractivity contribution in [2.45, 2.75) is 9.79 Å².